The Morgan fingerprint density at radius 1 is 1.19 bits per heavy atom. The first kappa shape index (κ1) is 18.3. The van der Waals surface area contributed by atoms with Gasteiger partial charge in [-0.1, -0.05) is 13.8 Å². The van der Waals surface area contributed by atoms with E-state index in [2.05, 4.69) is 41.2 Å². The van der Waals surface area contributed by atoms with Gasteiger partial charge in [-0.3, -0.25) is 0 Å². The largest absolute Gasteiger partial charge is 0.493 e. The highest BCUT2D eigenvalue weighted by Gasteiger charge is 2.11. The number of hydrogen-bond donors (Lipinski definition) is 1. The van der Waals surface area contributed by atoms with E-state index in [1.165, 1.54) is 5.56 Å². The van der Waals surface area contributed by atoms with Gasteiger partial charge in [0.2, 0.25) is 0 Å². The standard InChI is InChI=1S/C16H26BrNO3/c1-12(2)10-18-11-13-8-14(17)16(15(9-13)20-4)21-7-5-6-19-3/h8-9,12,18H,5-7,10-11H2,1-4H3. The van der Waals surface area contributed by atoms with Gasteiger partial charge in [-0.2, -0.15) is 0 Å². The molecule has 1 aromatic carbocycles. The molecule has 0 aliphatic carbocycles. The molecule has 0 saturated carbocycles. The fourth-order valence-corrected chi connectivity index (χ4v) is 2.50. The van der Waals surface area contributed by atoms with Crippen LogP contribution in [0.2, 0.25) is 0 Å². The van der Waals surface area contributed by atoms with Gasteiger partial charge < -0.3 is 19.5 Å². The van der Waals surface area contributed by atoms with Crippen LogP contribution in [0.4, 0.5) is 0 Å². The van der Waals surface area contributed by atoms with Crippen LogP contribution >= 0.6 is 15.9 Å². The number of methoxy groups -OCH3 is 2. The third kappa shape index (κ3) is 6.68. The fourth-order valence-electron chi connectivity index (χ4n) is 1.90. The molecule has 120 valence electrons. The Morgan fingerprint density at radius 3 is 2.57 bits per heavy atom. The summed E-state index contributed by atoms with van der Waals surface area (Å²) in [6, 6.07) is 4.09. The molecule has 0 amide bonds. The predicted molar refractivity (Wildman–Crippen MR) is 89.2 cm³/mol. The quantitative estimate of drug-likeness (QED) is 0.647. The summed E-state index contributed by atoms with van der Waals surface area (Å²) in [7, 11) is 3.35. The van der Waals surface area contributed by atoms with Gasteiger partial charge in [0, 0.05) is 26.7 Å². The van der Waals surface area contributed by atoms with E-state index in [9.17, 15) is 0 Å². The smallest absolute Gasteiger partial charge is 0.175 e. The molecular weight excluding hydrogens is 334 g/mol. The van der Waals surface area contributed by atoms with Gasteiger partial charge in [-0.15, -0.1) is 0 Å². The van der Waals surface area contributed by atoms with Crippen LogP contribution in [0, 0.1) is 5.92 Å². The topological polar surface area (TPSA) is 39.7 Å². The summed E-state index contributed by atoms with van der Waals surface area (Å²) in [5, 5.41) is 3.43. The van der Waals surface area contributed by atoms with Crippen molar-refractivity contribution in [3.8, 4) is 11.5 Å². The van der Waals surface area contributed by atoms with Crippen molar-refractivity contribution in [1.82, 2.24) is 5.32 Å². The van der Waals surface area contributed by atoms with Crippen LogP contribution in [0.3, 0.4) is 0 Å². The number of rotatable bonds is 10. The van der Waals surface area contributed by atoms with Gasteiger partial charge in [0.25, 0.3) is 0 Å². The zero-order valence-corrected chi connectivity index (χ0v) is 15.0. The SMILES string of the molecule is COCCCOc1c(Br)cc(CNCC(C)C)cc1OC. The van der Waals surface area contributed by atoms with Crippen molar-refractivity contribution in [3.05, 3.63) is 22.2 Å². The molecule has 21 heavy (non-hydrogen) atoms. The summed E-state index contributed by atoms with van der Waals surface area (Å²) in [5.41, 5.74) is 1.17. The predicted octanol–water partition coefficient (Wildman–Crippen LogP) is 3.62. The highest BCUT2D eigenvalue weighted by molar-refractivity contribution is 9.10. The second-order valence-electron chi connectivity index (χ2n) is 5.33. The van der Waals surface area contributed by atoms with Crippen LogP contribution in [-0.4, -0.2) is 34.0 Å². The minimum absolute atomic E-state index is 0.605. The molecule has 1 N–H and O–H groups in total. The van der Waals surface area contributed by atoms with Gasteiger partial charge in [0.05, 0.1) is 18.2 Å². The van der Waals surface area contributed by atoms with Crippen molar-refractivity contribution in [1.29, 1.82) is 0 Å². The Hall–Kier alpha value is -0.780. The van der Waals surface area contributed by atoms with E-state index in [1.54, 1.807) is 14.2 Å². The zero-order valence-electron chi connectivity index (χ0n) is 13.4. The van der Waals surface area contributed by atoms with Crippen LogP contribution < -0.4 is 14.8 Å². The first-order valence-electron chi connectivity index (χ1n) is 7.27. The Kier molecular flexibility index (Phi) is 8.73. The van der Waals surface area contributed by atoms with Crippen LogP contribution in [0.1, 0.15) is 25.8 Å². The molecule has 0 radical (unpaired) electrons. The average Bonchev–Trinajstić information content (AvgIpc) is 2.44. The summed E-state index contributed by atoms with van der Waals surface area (Å²) in [6.07, 6.45) is 0.851. The Labute approximate surface area is 136 Å². The third-order valence-corrected chi connectivity index (χ3v) is 3.50. The Balaban J connectivity index is 2.67. The van der Waals surface area contributed by atoms with Crippen molar-refractivity contribution >= 4 is 15.9 Å². The van der Waals surface area contributed by atoms with Crippen molar-refractivity contribution in [2.24, 2.45) is 5.92 Å². The second kappa shape index (κ2) is 10.0. The van der Waals surface area contributed by atoms with Gasteiger partial charge in [-0.05, 0) is 46.1 Å². The monoisotopic (exact) mass is 359 g/mol. The van der Waals surface area contributed by atoms with Gasteiger partial charge in [-0.25, -0.2) is 0 Å². The molecule has 0 heterocycles. The maximum Gasteiger partial charge on any atom is 0.175 e. The van der Waals surface area contributed by atoms with Gasteiger partial charge in [0.15, 0.2) is 11.5 Å². The number of halogens is 1. The maximum absolute atomic E-state index is 5.79. The fraction of sp³-hybridized carbons (Fsp3) is 0.625. The third-order valence-electron chi connectivity index (χ3n) is 2.91. The molecule has 0 bridgehead atoms. The van der Waals surface area contributed by atoms with E-state index in [4.69, 9.17) is 14.2 Å². The van der Waals surface area contributed by atoms with Crippen molar-refractivity contribution in [2.45, 2.75) is 26.8 Å². The van der Waals surface area contributed by atoms with E-state index in [-0.39, 0.29) is 0 Å². The molecule has 0 unspecified atom stereocenters. The number of hydrogen-bond acceptors (Lipinski definition) is 4. The molecule has 0 aromatic heterocycles. The summed E-state index contributed by atoms with van der Waals surface area (Å²) in [4.78, 5) is 0. The lowest BCUT2D eigenvalue weighted by Crippen LogP contribution is -2.19. The summed E-state index contributed by atoms with van der Waals surface area (Å²) >= 11 is 3.56. The highest BCUT2D eigenvalue weighted by Crippen LogP contribution is 2.36. The second-order valence-corrected chi connectivity index (χ2v) is 6.18. The molecule has 0 saturated heterocycles. The van der Waals surface area contributed by atoms with E-state index < -0.39 is 0 Å². The summed E-state index contributed by atoms with van der Waals surface area (Å²) < 4.78 is 17.2. The van der Waals surface area contributed by atoms with E-state index in [1.807, 2.05) is 6.07 Å². The maximum atomic E-state index is 5.79. The lowest BCUT2D eigenvalue weighted by atomic mass is 10.2. The van der Waals surface area contributed by atoms with Crippen molar-refractivity contribution in [3.63, 3.8) is 0 Å². The van der Waals surface area contributed by atoms with Crippen LogP contribution in [-0.2, 0) is 11.3 Å². The molecular formula is C16H26BrNO3. The summed E-state index contributed by atoms with van der Waals surface area (Å²) in [6.45, 7) is 7.50. The normalized spacial score (nSPS) is 11.0. The molecule has 1 aromatic rings. The highest BCUT2D eigenvalue weighted by atomic mass is 79.9. The van der Waals surface area contributed by atoms with Gasteiger partial charge >= 0.3 is 0 Å². The molecule has 4 nitrogen and oxygen atoms in total. The van der Waals surface area contributed by atoms with E-state index in [0.29, 0.717) is 19.1 Å². The first-order chi connectivity index (χ1) is 10.1. The lowest BCUT2D eigenvalue weighted by Gasteiger charge is -2.15. The van der Waals surface area contributed by atoms with Crippen LogP contribution in [0.15, 0.2) is 16.6 Å². The average molecular weight is 360 g/mol. The molecule has 1 rings (SSSR count). The molecule has 0 fully saturated rings. The first-order valence-corrected chi connectivity index (χ1v) is 8.06. The van der Waals surface area contributed by atoms with Gasteiger partial charge in [0.1, 0.15) is 0 Å². The number of nitrogens with one attached hydrogen (secondary N) is 1. The Morgan fingerprint density at radius 2 is 1.95 bits per heavy atom. The minimum atomic E-state index is 0.605. The molecule has 0 atom stereocenters. The zero-order chi connectivity index (χ0) is 15.7. The molecule has 0 aliphatic heterocycles. The molecule has 0 spiro atoms. The van der Waals surface area contributed by atoms with Crippen molar-refractivity contribution < 1.29 is 14.2 Å². The van der Waals surface area contributed by atoms with Crippen molar-refractivity contribution in [2.75, 3.05) is 34.0 Å². The molecule has 0 aliphatic rings. The lowest BCUT2D eigenvalue weighted by molar-refractivity contribution is 0.170. The Bertz CT molecular complexity index is 424. The van der Waals surface area contributed by atoms with Crippen LogP contribution in [0.5, 0.6) is 11.5 Å². The number of ether oxygens (including phenoxy) is 3. The van der Waals surface area contributed by atoms with E-state index in [0.717, 1.165) is 35.5 Å². The van der Waals surface area contributed by atoms with E-state index >= 15 is 0 Å². The number of benzene rings is 1. The molecule has 5 heteroatoms. The minimum Gasteiger partial charge on any atom is -0.493 e. The van der Waals surface area contributed by atoms with Crippen LogP contribution in [0.25, 0.3) is 0 Å². The summed E-state index contributed by atoms with van der Waals surface area (Å²) in [5.74, 6) is 2.14.